The van der Waals surface area contributed by atoms with Gasteiger partial charge in [-0.15, -0.1) is 0 Å². The molecule has 1 aromatic carbocycles. The molecular weight excluding hydrogens is 318 g/mol. The zero-order chi connectivity index (χ0) is 17.6. The third kappa shape index (κ3) is 4.45. The van der Waals surface area contributed by atoms with E-state index >= 15 is 0 Å². The van der Waals surface area contributed by atoms with Gasteiger partial charge in [0.1, 0.15) is 5.82 Å². The Labute approximate surface area is 147 Å². The molecule has 1 heterocycles. The van der Waals surface area contributed by atoms with Gasteiger partial charge in [0.25, 0.3) is 5.56 Å². The third-order valence-corrected chi connectivity index (χ3v) is 4.36. The van der Waals surface area contributed by atoms with Crippen molar-refractivity contribution in [2.75, 3.05) is 19.8 Å². The minimum atomic E-state index is -0.0127. The number of fused-ring (bicyclic) bond motifs is 1. The maximum Gasteiger partial charge on any atom is 0.261 e. The lowest BCUT2D eigenvalue weighted by molar-refractivity contribution is -0.121. The van der Waals surface area contributed by atoms with Gasteiger partial charge in [-0.25, -0.2) is 4.98 Å². The predicted octanol–water partition coefficient (Wildman–Crippen LogP) is 2.21. The average Bonchev–Trinajstić information content (AvgIpc) is 3.45. The van der Waals surface area contributed by atoms with Crippen LogP contribution < -0.4 is 10.9 Å². The fourth-order valence-corrected chi connectivity index (χ4v) is 2.94. The summed E-state index contributed by atoms with van der Waals surface area (Å²) in [5, 5.41) is 3.55. The molecule has 0 bridgehead atoms. The first kappa shape index (κ1) is 17.6. The molecule has 1 N–H and O–H groups in total. The Morgan fingerprint density at radius 1 is 1.36 bits per heavy atom. The Hall–Kier alpha value is -2.21. The first-order valence-electron chi connectivity index (χ1n) is 9.05. The van der Waals surface area contributed by atoms with Gasteiger partial charge < -0.3 is 10.1 Å². The molecule has 134 valence electrons. The Bertz CT molecular complexity index is 796. The highest BCUT2D eigenvalue weighted by Crippen LogP contribution is 2.34. The van der Waals surface area contributed by atoms with Crippen molar-refractivity contribution in [3.63, 3.8) is 0 Å². The van der Waals surface area contributed by atoms with Gasteiger partial charge in [0.15, 0.2) is 0 Å². The minimum absolute atomic E-state index is 0.0127. The highest BCUT2D eigenvalue weighted by molar-refractivity contribution is 5.78. The van der Waals surface area contributed by atoms with Crippen LogP contribution in [0.2, 0.25) is 0 Å². The molecule has 0 atom stereocenters. The van der Waals surface area contributed by atoms with Crippen LogP contribution in [0.5, 0.6) is 0 Å². The fraction of sp³-hybridized carbons (Fsp3) is 0.526. The first-order valence-corrected chi connectivity index (χ1v) is 9.05. The third-order valence-electron chi connectivity index (χ3n) is 4.36. The number of aromatic nitrogens is 2. The molecule has 0 spiro atoms. The van der Waals surface area contributed by atoms with E-state index in [4.69, 9.17) is 4.74 Å². The van der Waals surface area contributed by atoms with E-state index in [2.05, 4.69) is 10.3 Å². The van der Waals surface area contributed by atoms with Crippen LogP contribution in [-0.2, 0) is 16.0 Å². The second-order valence-corrected chi connectivity index (χ2v) is 6.35. The summed E-state index contributed by atoms with van der Waals surface area (Å²) in [6, 6.07) is 7.65. The van der Waals surface area contributed by atoms with Gasteiger partial charge in [0.2, 0.25) is 5.91 Å². The van der Waals surface area contributed by atoms with E-state index in [-0.39, 0.29) is 17.5 Å². The maximum atomic E-state index is 12.8. The van der Waals surface area contributed by atoms with E-state index in [0.29, 0.717) is 43.5 Å². The minimum Gasteiger partial charge on any atom is -0.382 e. The topological polar surface area (TPSA) is 73.2 Å². The number of amides is 1. The Morgan fingerprint density at radius 3 is 2.92 bits per heavy atom. The molecule has 1 fully saturated rings. The smallest absolute Gasteiger partial charge is 0.261 e. The summed E-state index contributed by atoms with van der Waals surface area (Å²) in [5.41, 5.74) is 0.719. The molecular formula is C19H25N3O3. The van der Waals surface area contributed by atoms with Crippen LogP contribution in [0.1, 0.15) is 44.5 Å². The number of hydrogen-bond donors (Lipinski definition) is 1. The lowest BCUT2D eigenvalue weighted by Gasteiger charge is -2.13. The summed E-state index contributed by atoms with van der Waals surface area (Å²) < 4.78 is 7.04. The molecule has 0 saturated heterocycles. The number of hydrogen-bond acceptors (Lipinski definition) is 4. The molecule has 1 aromatic heterocycles. The number of carbonyl (C=O) groups is 1. The molecule has 0 unspecified atom stereocenters. The van der Waals surface area contributed by atoms with Crippen LogP contribution in [0.15, 0.2) is 29.1 Å². The first-order chi connectivity index (χ1) is 12.2. The molecule has 2 aromatic rings. The van der Waals surface area contributed by atoms with Crippen molar-refractivity contribution in [3.8, 4) is 0 Å². The molecule has 1 amide bonds. The standard InChI is InChI=1S/C19H25N3O3/c1-2-25-13-5-12-20-18(23)11-10-17-21-16-7-4-3-6-15(16)19(24)22(17)14-8-9-14/h3-4,6-7,14H,2,5,8-13H2,1H3,(H,20,23). The van der Waals surface area contributed by atoms with Crippen molar-refractivity contribution < 1.29 is 9.53 Å². The fourth-order valence-electron chi connectivity index (χ4n) is 2.94. The number of carbonyl (C=O) groups excluding carboxylic acids is 1. The Morgan fingerprint density at radius 2 is 2.16 bits per heavy atom. The molecule has 1 aliphatic rings. The van der Waals surface area contributed by atoms with Crippen molar-refractivity contribution in [3.05, 3.63) is 40.4 Å². The highest BCUT2D eigenvalue weighted by atomic mass is 16.5. The van der Waals surface area contributed by atoms with Gasteiger partial charge in [-0.3, -0.25) is 14.2 Å². The summed E-state index contributed by atoms with van der Waals surface area (Å²) in [6.45, 7) is 3.92. The number of benzene rings is 1. The van der Waals surface area contributed by atoms with Crippen LogP contribution in [0.4, 0.5) is 0 Å². The van der Waals surface area contributed by atoms with E-state index in [9.17, 15) is 9.59 Å². The quantitative estimate of drug-likeness (QED) is 0.709. The largest absolute Gasteiger partial charge is 0.382 e. The van der Waals surface area contributed by atoms with Crippen LogP contribution in [0.3, 0.4) is 0 Å². The molecule has 1 saturated carbocycles. The van der Waals surface area contributed by atoms with Gasteiger partial charge in [0.05, 0.1) is 10.9 Å². The van der Waals surface area contributed by atoms with E-state index in [1.165, 1.54) is 0 Å². The molecule has 25 heavy (non-hydrogen) atoms. The van der Waals surface area contributed by atoms with Crippen LogP contribution >= 0.6 is 0 Å². The highest BCUT2D eigenvalue weighted by Gasteiger charge is 2.28. The summed E-state index contributed by atoms with van der Waals surface area (Å²) >= 11 is 0. The zero-order valence-corrected chi connectivity index (χ0v) is 14.7. The summed E-state index contributed by atoms with van der Waals surface area (Å²) in [4.78, 5) is 29.4. The number of nitrogens with zero attached hydrogens (tertiary/aromatic N) is 2. The van der Waals surface area contributed by atoms with Crippen molar-refractivity contribution in [2.24, 2.45) is 0 Å². The zero-order valence-electron chi connectivity index (χ0n) is 14.7. The maximum absolute atomic E-state index is 12.8. The number of para-hydroxylation sites is 1. The summed E-state index contributed by atoms with van der Waals surface area (Å²) in [5.74, 6) is 0.705. The molecule has 3 rings (SSSR count). The summed E-state index contributed by atoms with van der Waals surface area (Å²) in [7, 11) is 0. The molecule has 0 aliphatic heterocycles. The molecule has 1 aliphatic carbocycles. The second kappa shape index (κ2) is 8.25. The van der Waals surface area contributed by atoms with Gasteiger partial charge in [0, 0.05) is 38.6 Å². The lowest BCUT2D eigenvalue weighted by atomic mass is 10.2. The van der Waals surface area contributed by atoms with Gasteiger partial charge in [-0.05, 0) is 38.3 Å². The Balaban J connectivity index is 1.66. The van der Waals surface area contributed by atoms with Crippen molar-refractivity contribution in [1.29, 1.82) is 0 Å². The van der Waals surface area contributed by atoms with Crippen molar-refractivity contribution in [2.45, 2.75) is 45.1 Å². The molecule has 6 nitrogen and oxygen atoms in total. The number of nitrogens with one attached hydrogen (secondary N) is 1. The SMILES string of the molecule is CCOCCCNC(=O)CCc1nc2ccccc2c(=O)n1C1CC1. The van der Waals surface area contributed by atoms with Crippen molar-refractivity contribution >= 4 is 16.8 Å². The Kier molecular flexibility index (Phi) is 5.81. The van der Waals surface area contributed by atoms with E-state index < -0.39 is 0 Å². The van der Waals surface area contributed by atoms with E-state index in [1.807, 2.05) is 31.2 Å². The monoisotopic (exact) mass is 343 g/mol. The van der Waals surface area contributed by atoms with Crippen LogP contribution in [-0.4, -0.2) is 35.2 Å². The van der Waals surface area contributed by atoms with Gasteiger partial charge >= 0.3 is 0 Å². The predicted molar refractivity (Wildman–Crippen MR) is 96.7 cm³/mol. The van der Waals surface area contributed by atoms with E-state index in [1.54, 1.807) is 4.57 Å². The van der Waals surface area contributed by atoms with Gasteiger partial charge in [-0.1, -0.05) is 12.1 Å². The second-order valence-electron chi connectivity index (χ2n) is 6.35. The van der Waals surface area contributed by atoms with Gasteiger partial charge in [-0.2, -0.15) is 0 Å². The van der Waals surface area contributed by atoms with Crippen LogP contribution in [0.25, 0.3) is 10.9 Å². The number of rotatable bonds is 9. The normalized spacial score (nSPS) is 14.0. The molecule has 0 radical (unpaired) electrons. The lowest BCUT2D eigenvalue weighted by Crippen LogP contribution is -2.28. The average molecular weight is 343 g/mol. The van der Waals surface area contributed by atoms with Crippen molar-refractivity contribution in [1.82, 2.24) is 14.9 Å². The number of aryl methyl sites for hydroxylation is 1. The number of ether oxygens (including phenoxy) is 1. The van der Waals surface area contributed by atoms with E-state index in [0.717, 1.165) is 25.1 Å². The summed E-state index contributed by atoms with van der Waals surface area (Å²) in [6.07, 6.45) is 3.65. The molecule has 6 heteroatoms. The van der Waals surface area contributed by atoms with Crippen LogP contribution in [0, 0.1) is 0 Å².